The molecule has 110 valence electrons. The Hall–Kier alpha value is -0.260. The van der Waals surface area contributed by atoms with Gasteiger partial charge in [-0.25, -0.2) is 0 Å². The van der Waals surface area contributed by atoms with E-state index >= 15 is 0 Å². The van der Waals surface area contributed by atoms with E-state index in [1.165, 1.54) is 0 Å². The van der Waals surface area contributed by atoms with Gasteiger partial charge in [0.15, 0.2) is 0 Å². The van der Waals surface area contributed by atoms with Crippen LogP contribution in [-0.2, 0) is 9.53 Å². The van der Waals surface area contributed by atoms with Crippen LogP contribution < -0.4 is 5.32 Å². The van der Waals surface area contributed by atoms with Crippen molar-refractivity contribution < 1.29 is 9.53 Å². The molecule has 2 atom stereocenters. The first-order valence-corrected chi connectivity index (χ1v) is 8.26. The summed E-state index contributed by atoms with van der Waals surface area (Å²) in [5, 5.41) is 3.44. The number of carbonyl (C=O) groups excluding carboxylic acids is 1. The summed E-state index contributed by atoms with van der Waals surface area (Å²) in [4.78, 5) is 14.7. The Bertz CT molecular complexity index is 323. The van der Waals surface area contributed by atoms with Crippen molar-refractivity contribution in [2.75, 3.05) is 38.6 Å². The molecule has 5 heteroatoms. The van der Waals surface area contributed by atoms with Crippen LogP contribution in [0.4, 0.5) is 0 Å². The Morgan fingerprint density at radius 2 is 2.26 bits per heavy atom. The SMILES string of the molecule is CCCNC1COCC1C(=O)N1CCSC(C)(C)C1. The highest BCUT2D eigenvalue weighted by Gasteiger charge is 2.39. The van der Waals surface area contributed by atoms with Crippen molar-refractivity contribution in [2.45, 2.75) is 38.0 Å². The number of rotatable bonds is 4. The first-order chi connectivity index (χ1) is 9.03. The third-order valence-corrected chi connectivity index (χ3v) is 5.09. The molecule has 2 rings (SSSR count). The van der Waals surface area contributed by atoms with Crippen LogP contribution in [0.25, 0.3) is 0 Å². The number of carbonyl (C=O) groups is 1. The molecule has 19 heavy (non-hydrogen) atoms. The molecule has 2 fully saturated rings. The Morgan fingerprint density at radius 3 is 2.95 bits per heavy atom. The zero-order chi connectivity index (χ0) is 13.9. The summed E-state index contributed by atoms with van der Waals surface area (Å²) in [5.41, 5.74) is 0. The van der Waals surface area contributed by atoms with Gasteiger partial charge in [0.05, 0.1) is 19.1 Å². The molecule has 0 aromatic rings. The van der Waals surface area contributed by atoms with Gasteiger partial charge in [0, 0.05) is 29.6 Å². The van der Waals surface area contributed by atoms with E-state index in [9.17, 15) is 4.79 Å². The minimum atomic E-state index is 0.00505. The molecule has 2 aliphatic heterocycles. The molecule has 2 heterocycles. The summed E-state index contributed by atoms with van der Waals surface area (Å²) >= 11 is 1.96. The standard InChI is InChI=1S/C14H26N2O2S/c1-4-5-15-12-9-18-8-11(12)13(17)16-6-7-19-14(2,3)10-16/h11-12,15H,4-10H2,1-3H3. The zero-order valence-electron chi connectivity index (χ0n) is 12.3. The van der Waals surface area contributed by atoms with E-state index in [0.29, 0.717) is 13.2 Å². The monoisotopic (exact) mass is 286 g/mol. The van der Waals surface area contributed by atoms with Crippen LogP contribution in [0, 0.1) is 5.92 Å². The van der Waals surface area contributed by atoms with Gasteiger partial charge in [0.2, 0.25) is 5.91 Å². The number of hydrogen-bond acceptors (Lipinski definition) is 4. The van der Waals surface area contributed by atoms with Gasteiger partial charge in [0.25, 0.3) is 0 Å². The van der Waals surface area contributed by atoms with Crippen LogP contribution in [-0.4, -0.2) is 60.2 Å². The van der Waals surface area contributed by atoms with E-state index in [1.54, 1.807) is 0 Å². The van der Waals surface area contributed by atoms with Crippen LogP contribution >= 0.6 is 11.8 Å². The van der Waals surface area contributed by atoms with E-state index in [-0.39, 0.29) is 22.6 Å². The van der Waals surface area contributed by atoms with Crippen LogP contribution in [0.5, 0.6) is 0 Å². The Kier molecular flexibility index (Phi) is 5.15. The molecular weight excluding hydrogens is 260 g/mol. The van der Waals surface area contributed by atoms with E-state index in [4.69, 9.17) is 4.74 Å². The summed E-state index contributed by atoms with van der Waals surface area (Å²) in [6.07, 6.45) is 1.09. The molecule has 1 amide bonds. The smallest absolute Gasteiger partial charge is 0.229 e. The topological polar surface area (TPSA) is 41.6 Å². The molecule has 2 aliphatic rings. The minimum Gasteiger partial charge on any atom is -0.379 e. The molecule has 1 N–H and O–H groups in total. The van der Waals surface area contributed by atoms with Crippen molar-refractivity contribution >= 4 is 17.7 Å². The van der Waals surface area contributed by atoms with Crippen molar-refractivity contribution in [1.29, 1.82) is 0 Å². The summed E-state index contributed by atoms with van der Waals surface area (Å²) in [6.45, 7) is 10.5. The van der Waals surface area contributed by atoms with Crippen molar-refractivity contribution in [2.24, 2.45) is 5.92 Å². The second-order valence-electron chi connectivity index (χ2n) is 6.07. The van der Waals surface area contributed by atoms with Crippen LogP contribution in [0.3, 0.4) is 0 Å². The highest BCUT2D eigenvalue weighted by molar-refractivity contribution is 8.00. The Labute approximate surface area is 120 Å². The third kappa shape index (κ3) is 3.86. The fourth-order valence-corrected chi connectivity index (χ4v) is 3.88. The number of amides is 1. The summed E-state index contributed by atoms with van der Waals surface area (Å²) in [7, 11) is 0. The van der Waals surface area contributed by atoms with E-state index in [0.717, 1.165) is 31.8 Å². The molecule has 0 aromatic heterocycles. The van der Waals surface area contributed by atoms with E-state index < -0.39 is 0 Å². The van der Waals surface area contributed by atoms with Crippen molar-refractivity contribution in [3.05, 3.63) is 0 Å². The van der Waals surface area contributed by atoms with Crippen LogP contribution in [0.15, 0.2) is 0 Å². The maximum atomic E-state index is 12.7. The van der Waals surface area contributed by atoms with Crippen LogP contribution in [0.2, 0.25) is 0 Å². The normalized spacial score (nSPS) is 30.6. The van der Waals surface area contributed by atoms with Gasteiger partial charge in [0.1, 0.15) is 0 Å². The van der Waals surface area contributed by atoms with Crippen molar-refractivity contribution in [3.63, 3.8) is 0 Å². The first kappa shape index (κ1) is 15.1. The predicted octanol–water partition coefficient (Wildman–Crippen LogP) is 1.35. The lowest BCUT2D eigenvalue weighted by atomic mass is 10.0. The van der Waals surface area contributed by atoms with Gasteiger partial charge in [-0.15, -0.1) is 0 Å². The number of thioether (sulfide) groups is 1. The lowest BCUT2D eigenvalue weighted by molar-refractivity contribution is -0.136. The molecule has 0 radical (unpaired) electrons. The van der Waals surface area contributed by atoms with Crippen LogP contribution in [0.1, 0.15) is 27.2 Å². The quantitative estimate of drug-likeness (QED) is 0.847. The molecule has 2 saturated heterocycles. The summed E-state index contributed by atoms with van der Waals surface area (Å²) in [5.74, 6) is 1.32. The molecule has 2 unspecified atom stereocenters. The molecule has 4 nitrogen and oxygen atoms in total. The average molecular weight is 286 g/mol. The summed E-state index contributed by atoms with van der Waals surface area (Å²) in [6, 6.07) is 0.199. The van der Waals surface area contributed by atoms with Crippen molar-refractivity contribution in [3.8, 4) is 0 Å². The fraction of sp³-hybridized carbons (Fsp3) is 0.929. The molecule has 0 spiro atoms. The van der Waals surface area contributed by atoms with Gasteiger partial charge >= 0.3 is 0 Å². The predicted molar refractivity (Wildman–Crippen MR) is 79.5 cm³/mol. The second-order valence-corrected chi connectivity index (χ2v) is 7.87. The molecule has 0 bridgehead atoms. The summed E-state index contributed by atoms with van der Waals surface area (Å²) < 4.78 is 5.70. The van der Waals surface area contributed by atoms with Gasteiger partial charge in [-0.05, 0) is 26.8 Å². The molecular formula is C14H26N2O2S. The number of ether oxygens (including phenoxy) is 1. The fourth-order valence-electron chi connectivity index (χ4n) is 2.77. The highest BCUT2D eigenvalue weighted by atomic mass is 32.2. The molecule has 0 saturated carbocycles. The second kappa shape index (κ2) is 6.46. The number of nitrogens with one attached hydrogen (secondary N) is 1. The molecule has 0 aliphatic carbocycles. The van der Waals surface area contributed by atoms with Gasteiger partial charge < -0.3 is 15.0 Å². The Morgan fingerprint density at radius 1 is 1.47 bits per heavy atom. The number of nitrogens with zero attached hydrogens (tertiary/aromatic N) is 1. The van der Waals surface area contributed by atoms with Gasteiger partial charge in [-0.3, -0.25) is 4.79 Å². The third-order valence-electron chi connectivity index (χ3n) is 3.79. The minimum absolute atomic E-state index is 0.00505. The van der Waals surface area contributed by atoms with E-state index in [2.05, 4.69) is 26.1 Å². The van der Waals surface area contributed by atoms with Crippen molar-refractivity contribution in [1.82, 2.24) is 10.2 Å². The van der Waals surface area contributed by atoms with Gasteiger partial charge in [-0.1, -0.05) is 6.92 Å². The number of hydrogen-bond donors (Lipinski definition) is 1. The lowest BCUT2D eigenvalue weighted by Crippen LogP contribution is -2.52. The Balaban J connectivity index is 1.94. The molecule has 0 aromatic carbocycles. The maximum absolute atomic E-state index is 12.7. The van der Waals surface area contributed by atoms with E-state index in [1.807, 2.05) is 16.7 Å². The average Bonchev–Trinajstić information content (AvgIpc) is 2.82. The zero-order valence-corrected chi connectivity index (χ0v) is 13.1. The lowest BCUT2D eigenvalue weighted by Gasteiger charge is -2.39. The first-order valence-electron chi connectivity index (χ1n) is 7.27. The highest BCUT2D eigenvalue weighted by Crippen LogP contribution is 2.31. The largest absolute Gasteiger partial charge is 0.379 e. The van der Waals surface area contributed by atoms with Gasteiger partial charge in [-0.2, -0.15) is 11.8 Å². The maximum Gasteiger partial charge on any atom is 0.229 e.